The second-order valence-electron chi connectivity index (χ2n) is 6.32. The maximum atomic E-state index is 12.4. The van der Waals surface area contributed by atoms with Crippen molar-refractivity contribution in [3.63, 3.8) is 0 Å². The van der Waals surface area contributed by atoms with Gasteiger partial charge in [0.2, 0.25) is 0 Å². The summed E-state index contributed by atoms with van der Waals surface area (Å²) in [7, 11) is 1.94. The van der Waals surface area contributed by atoms with E-state index in [9.17, 15) is 4.79 Å². The van der Waals surface area contributed by atoms with Gasteiger partial charge in [-0.15, -0.1) is 0 Å². The van der Waals surface area contributed by atoms with E-state index in [2.05, 4.69) is 29.8 Å². The lowest BCUT2D eigenvalue weighted by atomic mass is 9.75. The van der Waals surface area contributed by atoms with Crippen LogP contribution in [0, 0.1) is 5.41 Å². The summed E-state index contributed by atoms with van der Waals surface area (Å²) in [5.74, 6) is 0.136. The highest BCUT2D eigenvalue weighted by molar-refractivity contribution is 9.10. The molecular weight excluding hydrogens is 302 g/mol. The minimum absolute atomic E-state index is 0.136. The van der Waals surface area contributed by atoms with E-state index in [1.807, 2.05) is 36.2 Å². The van der Waals surface area contributed by atoms with Gasteiger partial charge < -0.3 is 4.90 Å². The number of hydrogen-bond donors (Lipinski definition) is 0. The second-order valence-corrected chi connectivity index (χ2v) is 7.23. The van der Waals surface area contributed by atoms with Crippen molar-refractivity contribution in [2.75, 3.05) is 7.05 Å². The zero-order valence-corrected chi connectivity index (χ0v) is 13.5. The molecule has 0 radical (unpaired) electrons. The van der Waals surface area contributed by atoms with Gasteiger partial charge in [0.25, 0.3) is 5.91 Å². The van der Waals surface area contributed by atoms with E-state index in [4.69, 9.17) is 0 Å². The smallest absolute Gasteiger partial charge is 0.253 e. The van der Waals surface area contributed by atoms with Crippen molar-refractivity contribution in [3.8, 4) is 0 Å². The molecule has 1 saturated carbocycles. The van der Waals surface area contributed by atoms with Gasteiger partial charge in [-0.05, 0) is 55.4 Å². The Bertz CT molecular complexity index is 442. The van der Waals surface area contributed by atoms with Gasteiger partial charge in [-0.25, -0.2) is 0 Å². The molecule has 0 bridgehead atoms. The number of halogens is 1. The fourth-order valence-corrected chi connectivity index (χ4v) is 3.00. The number of amides is 1. The van der Waals surface area contributed by atoms with Crippen LogP contribution in [0.1, 0.15) is 49.9 Å². The summed E-state index contributed by atoms with van der Waals surface area (Å²) in [5, 5.41) is 0. The van der Waals surface area contributed by atoms with E-state index in [0.717, 1.165) is 22.9 Å². The predicted octanol–water partition coefficient (Wildman–Crippen LogP) is 4.49. The quantitative estimate of drug-likeness (QED) is 0.785. The Morgan fingerprint density at radius 1 is 1.21 bits per heavy atom. The largest absolute Gasteiger partial charge is 0.339 e. The van der Waals surface area contributed by atoms with E-state index in [1.165, 1.54) is 12.8 Å². The van der Waals surface area contributed by atoms with Crippen LogP contribution in [0.25, 0.3) is 0 Å². The van der Waals surface area contributed by atoms with E-state index >= 15 is 0 Å². The van der Waals surface area contributed by atoms with Crippen LogP contribution in [-0.2, 0) is 0 Å². The molecule has 1 fully saturated rings. The Hall–Kier alpha value is -0.830. The molecule has 1 aliphatic carbocycles. The van der Waals surface area contributed by atoms with Gasteiger partial charge in [-0.3, -0.25) is 4.79 Å². The maximum absolute atomic E-state index is 12.4. The Labute approximate surface area is 124 Å². The third-order valence-corrected chi connectivity index (χ3v) is 4.80. The summed E-state index contributed by atoms with van der Waals surface area (Å²) in [4.78, 5) is 14.4. The molecule has 1 aromatic rings. The third kappa shape index (κ3) is 3.59. The summed E-state index contributed by atoms with van der Waals surface area (Å²) < 4.78 is 1.01. The fourth-order valence-electron chi connectivity index (χ4n) is 2.73. The average Bonchev–Trinajstić information content (AvgIpc) is 2.38. The second kappa shape index (κ2) is 5.66. The molecule has 0 aromatic heterocycles. The zero-order chi connectivity index (χ0) is 14.0. The lowest BCUT2D eigenvalue weighted by Crippen LogP contribution is -2.40. The number of rotatable bonds is 2. The van der Waals surface area contributed by atoms with Crippen molar-refractivity contribution in [2.24, 2.45) is 5.41 Å². The molecule has 1 aliphatic rings. The molecule has 0 atom stereocenters. The van der Waals surface area contributed by atoms with Crippen molar-refractivity contribution in [1.29, 1.82) is 0 Å². The molecule has 0 unspecified atom stereocenters. The van der Waals surface area contributed by atoms with Gasteiger partial charge in [0.05, 0.1) is 0 Å². The van der Waals surface area contributed by atoms with Crippen molar-refractivity contribution < 1.29 is 4.79 Å². The molecular formula is C16H22BrNO. The van der Waals surface area contributed by atoms with Crippen LogP contribution < -0.4 is 0 Å². The van der Waals surface area contributed by atoms with Crippen LogP contribution >= 0.6 is 15.9 Å². The van der Waals surface area contributed by atoms with Gasteiger partial charge in [0.15, 0.2) is 0 Å². The summed E-state index contributed by atoms with van der Waals surface area (Å²) in [6.07, 6.45) is 4.64. The van der Waals surface area contributed by atoms with E-state index < -0.39 is 0 Å². The number of nitrogens with zero attached hydrogens (tertiary/aromatic N) is 1. The highest BCUT2D eigenvalue weighted by Gasteiger charge is 2.30. The lowest BCUT2D eigenvalue weighted by Gasteiger charge is -2.38. The van der Waals surface area contributed by atoms with E-state index in [0.29, 0.717) is 11.5 Å². The topological polar surface area (TPSA) is 20.3 Å². The van der Waals surface area contributed by atoms with Crippen molar-refractivity contribution in [3.05, 3.63) is 34.3 Å². The first kappa shape index (κ1) is 14.6. The summed E-state index contributed by atoms with van der Waals surface area (Å²) in [5.41, 5.74) is 1.22. The third-order valence-electron chi connectivity index (χ3n) is 4.27. The number of carbonyl (C=O) groups excluding carboxylic acids is 1. The van der Waals surface area contributed by atoms with Gasteiger partial charge in [-0.1, -0.05) is 29.8 Å². The van der Waals surface area contributed by atoms with Gasteiger partial charge in [-0.2, -0.15) is 0 Å². The van der Waals surface area contributed by atoms with E-state index in [-0.39, 0.29) is 5.91 Å². The van der Waals surface area contributed by atoms with Crippen LogP contribution in [-0.4, -0.2) is 23.9 Å². The molecule has 1 amide bonds. The lowest BCUT2D eigenvalue weighted by molar-refractivity contribution is 0.0635. The Morgan fingerprint density at radius 2 is 1.74 bits per heavy atom. The highest BCUT2D eigenvalue weighted by Crippen LogP contribution is 2.36. The molecule has 0 N–H and O–H groups in total. The first-order chi connectivity index (χ1) is 8.89. The molecule has 0 saturated heterocycles. The summed E-state index contributed by atoms with van der Waals surface area (Å²) >= 11 is 3.40. The summed E-state index contributed by atoms with van der Waals surface area (Å²) in [6, 6.07) is 8.01. The minimum Gasteiger partial charge on any atom is -0.339 e. The molecule has 1 aromatic carbocycles. The van der Waals surface area contributed by atoms with Crippen LogP contribution in [0.2, 0.25) is 0 Å². The van der Waals surface area contributed by atoms with Crippen LogP contribution in [0.5, 0.6) is 0 Å². The SMILES string of the molecule is CN(C(=O)c1ccc(Br)cc1)C1CCC(C)(C)CC1. The minimum atomic E-state index is 0.136. The van der Waals surface area contributed by atoms with E-state index in [1.54, 1.807) is 0 Å². The zero-order valence-electron chi connectivity index (χ0n) is 11.9. The molecule has 0 spiro atoms. The summed E-state index contributed by atoms with van der Waals surface area (Å²) in [6.45, 7) is 4.64. The van der Waals surface area contributed by atoms with Gasteiger partial charge in [0.1, 0.15) is 0 Å². The van der Waals surface area contributed by atoms with Crippen LogP contribution in [0.15, 0.2) is 28.7 Å². The molecule has 19 heavy (non-hydrogen) atoms. The van der Waals surface area contributed by atoms with Crippen molar-refractivity contribution >= 4 is 21.8 Å². The number of carbonyl (C=O) groups is 1. The molecule has 104 valence electrons. The monoisotopic (exact) mass is 323 g/mol. The first-order valence-electron chi connectivity index (χ1n) is 6.92. The van der Waals surface area contributed by atoms with Crippen molar-refractivity contribution in [2.45, 2.75) is 45.6 Å². The van der Waals surface area contributed by atoms with Crippen LogP contribution in [0.4, 0.5) is 0 Å². The first-order valence-corrected chi connectivity index (χ1v) is 7.71. The molecule has 2 rings (SSSR count). The molecule has 0 aliphatic heterocycles. The van der Waals surface area contributed by atoms with Gasteiger partial charge in [0, 0.05) is 23.1 Å². The Balaban J connectivity index is 2.02. The van der Waals surface area contributed by atoms with Crippen molar-refractivity contribution in [1.82, 2.24) is 4.90 Å². The standard InChI is InChI=1S/C16H22BrNO/c1-16(2)10-8-14(9-11-16)18(3)15(19)12-4-6-13(17)7-5-12/h4-7,14H,8-11H2,1-3H3. The highest BCUT2D eigenvalue weighted by atomic mass is 79.9. The Kier molecular flexibility index (Phi) is 4.34. The maximum Gasteiger partial charge on any atom is 0.253 e. The average molecular weight is 324 g/mol. The number of hydrogen-bond acceptors (Lipinski definition) is 1. The normalized spacial score (nSPS) is 19.2. The number of benzene rings is 1. The Morgan fingerprint density at radius 3 is 2.26 bits per heavy atom. The fraction of sp³-hybridized carbons (Fsp3) is 0.562. The molecule has 2 nitrogen and oxygen atoms in total. The molecule has 0 heterocycles. The van der Waals surface area contributed by atoms with Gasteiger partial charge >= 0.3 is 0 Å². The molecule has 3 heteroatoms. The van der Waals surface area contributed by atoms with Crippen LogP contribution in [0.3, 0.4) is 0 Å². The predicted molar refractivity (Wildman–Crippen MR) is 82.3 cm³/mol.